The zero-order valence-corrected chi connectivity index (χ0v) is 14.8. The van der Waals surface area contributed by atoms with Crippen LogP contribution in [0.5, 0.6) is 0 Å². The van der Waals surface area contributed by atoms with E-state index in [2.05, 4.69) is 20.1 Å². The molecular weight excluding hydrogens is 316 g/mol. The number of fused-ring (bicyclic) bond motifs is 1. The van der Waals surface area contributed by atoms with Crippen LogP contribution in [0.2, 0.25) is 0 Å². The Morgan fingerprint density at radius 1 is 1.20 bits per heavy atom. The number of nitrogens with zero attached hydrogens (tertiary/aromatic N) is 3. The van der Waals surface area contributed by atoms with Crippen molar-refractivity contribution < 1.29 is 9.53 Å². The number of nitrogens with one attached hydrogen (secondary N) is 1. The molecule has 1 aromatic rings. The van der Waals surface area contributed by atoms with Gasteiger partial charge < -0.3 is 15.0 Å². The van der Waals surface area contributed by atoms with Gasteiger partial charge in [0.05, 0.1) is 6.04 Å². The summed E-state index contributed by atoms with van der Waals surface area (Å²) in [6.45, 7) is 5.55. The average Bonchev–Trinajstić information content (AvgIpc) is 3.25. The molecule has 4 heterocycles. The van der Waals surface area contributed by atoms with E-state index < -0.39 is 0 Å². The van der Waals surface area contributed by atoms with Gasteiger partial charge in [0.15, 0.2) is 0 Å². The van der Waals surface area contributed by atoms with Gasteiger partial charge in [-0.05, 0) is 43.2 Å². The minimum absolute atomic E-state index is 0.0734. The summed E-state index contributed by atoms with van der Waals surface area (Å²) < 4.78 is 5.48. The highest BCUT2D eigenvalue weighted by Crippen LogP contribution is 2.33. The van der Waals surface area contributed by atoms with Crippen LogP contribution in [-0.4, -0.2) is 65.7 Å². The van der Waals surface area contributed by atoms with Crippen molar-refractivity contribution in [2.24, 2.45) is 5.92 Å². The average molecular weight is 344 g/mol. The zero-order chi connectivity index (χ0) is 17.1. The van der Waals surface area contributed by atoms with Gasteiger partial charge in [-0.1, -0.05) is 6.07 Å². The number of hydrogen-bond donors (Lipinski definition) is 1. The number of amides is 2. The number of pyridine rings is 1. The Hall–Kier alpha value is -1.66. The van der Waals surface area contributed by atoms with E-state index in [9.17, 15) is 4.79 Å². The quantitative estimate of drug-likeness (QED) is 0.906. The lowest BCUT2D eigenvalue weighted by molar-refractivity contribution is 0.0505. The second-order valence-corrected chi connectivity index (χ2v) is 7.48. The van der Waals surface area contributed by atoms with Crippen molar-refractivity contribution >= 4 is 6.03 Å². The van der Waals surface area contributed by atoms with Gasteiger partial charge in [-0.15, -0.1) is 0 Å². The van der Waals surface area contributed by atoms with E-state index in [0.29, 0.717) is 18.6 Å². The summed E-state index contributed by atoms with van der Waals surface area (Å²) in [6.07, 6.45) is 8.13. The van der Waals surface area contributed by atoms with Crippen molar-refractivity contribution in [2.45, 2.75) is 44.3 Å². The second kappa shape index (κ2) is 7.70. The molecule has 2 atom stereocenters. The normalized spacial score (nSPS) is 27.4. The van der Waals surface area contributed by atoms with E-state index in [1.54, 1.807) is 12.4 Å². The number of ether oxygens (including phenoxy) is 1. The van der Waals surface area contributed by atoms with Crippen LogP contribution in [-0.2, 0) is 11.3 Å². The number of urea groups is 1. The third kappa shape index (κ3) is 3.80. The van der Waals surface area contributed by atoms with Crippen LogP contribution in [0.15, 0.2) is 24.5 Å². The predicted molar refractivity (Wildman–Crippen MR) is 95.1 cm³/mol. The zero-order valence-electron chi connectivity index (χ0n) is 14.8. The Balaban J connectivity index is 1.29. The van der Waals surface area contributed by atoms with Gasteiger partial charge in [0.2, 0.25) is 0 Å². The smallest absolute Gasteiger partial charge is 0.317 e. The molecule has 0 aromatic carbocycles. The first-order chi connectivity index (χ1) is 12.3. The predicted octanol–water partition coefficient (Wildman–Crippen LogP) is 1.87. The lowest BCUT2D eigenvalue weighted by Crippen LogP contribution is -2.45. The van der Waals surface area contributed by atoms with Gasteiger partial charge in [-0.2, -0.15) is 0 Å². The third-order valence-electron chi connectivity index (χ3n) is 5.95. The fourth-order valence-electron chi connectivity index (χ4n) is 4.60. The highest BCUT2D eigenvalue weighted by Gasteiger charge is 2.44. The first-order valence-corrected chi connectivity index (χ1v) is 9.56. The number of carbonyl (C=O) groups is 1. The number of carbonyl (C=O) groups excluding carboxylic acids is 1. The first-order valence-electron chi connectivity index (χ1n) is 9.56. The largest absolute Gasteiger partial charge is 0.381 e. The first kappa shape index (κ1) is 16.8. The summed E-state index contributed by atoms with van der Waals surface area (Å²) in [7, 11) is 0. The van der Waals surface area contributed by atoms with Gasteiger partial charge in [-0.3, -0.25) is 9.88 Å². The molecule has 6 nitrogen and oxygen atoms in total. The summed E-state index contributed by atoms with van der Waals surface area (Å²) in [5.74, 6) is 0.765. The number of aromatic nitrogens is 1. The molecule has 1 aromatic heterocycles. The van der Waals surface area contributed by atoms with Crippen LogP contribution in [0.25, 0.3) is 0 Å². The monoisotopic (exact) mass is 344 g/mol. The lowest BCUT2D eigenvalue weighted by atomic mass is 9.99. The Bertz CT molecular complexity index is 576. The highest BCUT2D eigenvalue weighted by atomic mass is 16.5. The van der Waals surface area contributed by atoms with Crippen molar-refractivity contribution in [3.05, 3.63) is 30.1 Å². The molecule has 1 N–H and O–H groups in total. The number of rotatable bonds is 4. The minimum atomic E-state index is 0.0734. The molecular formula is C19H28N4O2. The fourth-order valence-corrected chi connectivity index (χ4v) is 4.60. The summed E-state index contributed by atoms with van der Waals surface area (Å²) >= 11 is 0. The molecule has 3 aliphatic heterocycles. The molecule has 3 aliphatic rings. The van der Waals surface area contributed by atoms with E-state index >= 15 is 0 Å². The molecule has 0 spiro atoms. The fraction of sp³-hybridized carbons (Fsp3) is 0.684. The molecule has 0 aliphatic carbocycles. The van der Waals surface area contributed by atoms with Gasteiger partial charge in [0.25, 0.3) is 0 Å². The van der Waals surface area contributed by atoms with Crippen LogP contribution < -0.4 is 5.32 Å². The molecule has 3 saturated heterocycles. The van der Waals surface area contributed by atoms with Crippen molar-refractivity contribution in [3.8, 4) is 0 Å². The van der Waals surface area contributed by atoms with Crippen LogP contribution in [0.3, 0.4) is 0 Å². The molecule has 0 radical (unpaired) electrons. The van der Waals surface area contributed by atoms with Crippen LogP contribution in [0, 0.1) is 5.92 Å². The molecule has 6 heteroatoms. The van der Waals surface area contributed by atoms with Gasteiger partial charge in [0.1, 0.15) is 0 Å². The maximum atomic E-state index is 12.6. The van der Waals surface area contributed by atoms with E-state index in [1.165, 1.54) is 19.4 Å². The van der Waals surface area contributed by atoms with Crippen molar-refractivity contribution in [2.75, 3.05) is 32.8 Å². The molecule has 25 heavy (non-hydrogen) atoms. The van der Waals surface area contributed by atoms with E-state index in [0.717, 1.165) is 50.6 Å². The standard InChI is InChI=1S/C19H28N4O2/c24-19(21-13-16-2-1-7-20-12-16)23-9-4-17-18(23)3-8-22(17)14-15-5-10-25-11-6-15/h1-2,7,12,15,17-18H,3-6,8-11,13-14H2,(H,21,24)/t17-,18+/m0/s1. The lowest BCUT2D eigenvalue weighted by Gasteiger charge is -2.30. The van der Waals surface area contributed by atoms with Crippen molar-refractivity contribution in [1.82, 2.24) is 20.1 Å². The van der Waals surface area contributed by atoms with Crippen LogP contribution in [0.4, 0.5) is 4.79 Å². The Labute approximate surface area is 149 Å². The van der Waals surface area contributed by atoms with E-state index in [-0.39, 0.29) is 6.03 Å². The van der Waals surface area contributed by atoms with Gasteiger partial charge >= 0.3 is 6.03 Å². The van der Waals surface area contributed by atoms with E-state index in [4.69, 9.17) is 4.74 Å². The van der Waals surface area contributed by atoms with Gasteiger partial charge in [0, 0.05) is 57.8 Å². The molecule has 3 fully saturated rings. The highest BCUT2D eigenvalue weighted by molar-refractivity contribution is 5.75. The van der Waals surface area contributed by atoms with E-state index in [1.807, 2.05) is 12.1 Å². The Kier molecular flexibility index (Phi) is 5.17. The van der Waals surface area contributed by atoms with Crippen molar-refractivity contribution in [3.63, 3.8) is 0 Å². The molecule has 0 saturated carbocycles. The number of hydrogen-bond acceptors (Lipinski definition) is 4. The summed E-state index contributed by atoms with van der Waals surface area (Å²) in [5, 5.41) is 3.06. The van der Waals surface area contributed by atoms with Crippen LogP contribution >= 0.6 is 0 Å². The number of likely N-dealkylation sites (tertiary alicyclic amines) is 2. The SMILES string of the molecule is O=C(NCc1cccnc1)N1CC[C@H]2[C@H]1CCN2CC1CCOCC1. The molecule has 136 valence electrons. The molecule has 4 rings (SSSR count). The maximum Gasteiger partial charge on any atom is 0.317 e. The van der Waals surface area contributed by atoms with Crippen molar-refractivity contribution in [1.29, 1.82) is 0 Å². The third-order valence-corrected chi connectivity index (χ3v) is 5.95. The summed E-state index contributed by atoms with van der Waals surface area (Å²) in [6, 6.07) is 4.90. The minimum Gasteiger partial charge on any atom is -0.381 e. The topological polar surface area (TPSA) is 57.7 Å². The summed E-state index contributed by atoms with van der Waals surface area (Å²) in [4.78, 5) is 21.4. The van der Waals surface area contributed by atoms with Gasteiger partial charge in [-0.25, -0.2) is 4.79 Å². The Morgan fingerprint density at radius 3 is 2.84 bits per heavy atom. The Morgan fingerprint density at radius 2 is 2.04 bits per heavy atom. The summed E-state index contributed by atoms with van der Waals surface area (Å²) in [5.41, 5.74) is 1.04. The van der Waals surface area contributed by atoms with Crippen LogP contribution in [0.1, 0.15) is 31.2 Å². The maximum absolute atomic E-state index is 12.6. The molecule has 0 bridgehead atoms. The molecule has 2 amide bonds. The second-order valence-electron chi connectivity index (χ2n) is 7.48. The molecule has 0 unspecified atom stereocenters.